The van der Waals surface area contributed by atoms with Gasteiger partial charge in [0.05, 0.1) is 12.5 Å². The standard InChI is InChI=1S/C17H19NO2/c1-3-5-7-14(6-4-2)18-16(12-17(18)20)13-8-10-15(19)11-9-13/h3-11,16,19H,12H2,1-2H3/b5-3-,6-4-,14-7+/t16-/m0/s1. The highest BCUT2D eigenvalue weighted by Crippen LogP contribution is 2.38. The molecule has 0 aliphatic carbocycles. The number of hydrogen-bond donors (Lipinski definition) is 1. The smallest absolute Gasteiger partial charge is 0.230 e. The Bertz CT molecular complexity index is 567. The number of hydrogen-bond acceptors (Lipinski definition) is 2. The molecular formula is C17H19NO2. The number of allylic oxidation sites excluding steroid dienone is 5. The summed E-state index contributed by atoms with van der Waals surface area (Å²) in [4.78, 5) is 13.7. The quantitative estimate of drug-likeness (QED) is 0.668. The summed E-state index contributed by atoms with van der Waals surface area (Å²) in [5.74, 6) is 0.362. The summed E-state index contributed by atoms with van der Waals surface area (Å²) in [6.07, 6.45) is 10.2. The van der Waals surface area contributed by atoms with Crippen LogP contribution in [-0.2, 0) is 4.79 Å². The Morgan fingerprint density at radius 2 is 1.95 bits per heavy atom. The van der Waals surface area contributed by atoms with Crippen LogP contribution in [0.5, 0.6) is 5.75 Å². The van der Waals surface area contributed by atoms with Gasteiger partial charge in [-0.15, -0.1) is 0 Å². The number of carbonyl (C=O) groups is 1. The van der Waals surface area contributed by atoms with Crippen molar-refractivity contribution in [3.05, 3.63) is 65.9 Å². The number of phenols is 1. The second kappa shape index (κ2) is 6.24. The molecule has 0 spiro atoms. The van der Waals surface area contributed by atoms with Gasteiger partial charge in [0.1, 0.15) is 5.75 Å². The molecule has 0 unspecified atom stereocenters. The zero-order valence-electron chi connectivity index (χ0n) is 11.8. The summed E-state index contributed by atoms with van der Waals surface area (Å²) in [7, 11) is 0. The number of phenolic OH excluding ortho intramolecular Hbond substituents is 1. The summed E-state index contributed by atoms with van der Waals surface area (Å²) in [5.41, 5.74) is 1.93. The Balaban J connectivity index is 2.28. The van der Waals surface area contributed by atoms with Crippen LogP contribution in [0.2, 0.25) is 0 Å². The number of likely N-dealkylation sites (tertiary alicyclic amines) is 1. The zero-order chi connectivity index (χ0) is 14.5. The molecule has 1 aliphatic rings. The van der Waals surface area contributed by atoms with E-state index in [1.807, 2.05) is 56.4 Å². The first-order valence-corrected chi connectivity index (χ1v) is 6.74. The molecule has 1 saturated heterocycles. The maximum Gasteiger partial charge on any atom is 0.230 e. The maximum atomic E-state index is 11.9. The van der Waals surface area contributed by atoms with E-state index in [0.717, 1.165) is 11.3 Å². The third-order valence-electron chi connectivity index (χ3n) is 3.30. The molecule has 1 atom stereocenters. The SMILES string of the molecule is C\C=C/C=C(\C=C/C)N1C(=O)C[C@H]1c1ccc(O)cc1. The summed E-state index contributed by atoms with van der Waals surface area (Å²) < 4.78 is 0. The van der Waals surface area contributed by atoms with Crippen molar-refractivity contribution < 1.29 is 9.90 Å². The highest BCUT2D eigenvalue weighted by Gasteiger charge is 2.38. The maximum absolute atomic E-state index is 11.9. The lowest BCUT2D eigenvalue weighted by atomic mass is 9.92. The Hall–Kier alpha value is -2.29. The number of aromatic hydroxyl groups is 1. The van der Waals surface area contributed by atoms with Crippen molar-refractivity contribution in [2.24, 2.45) is 0 Å². The molecule has 1 aliphatic heterocycles. The molecule has 1 N–H and O–H groups in total. The van der Waals surface area contributed by atoms with Crippen LogP contribution in [0, 0.1) is 0 Å². The van der Waals surface area contributed by atoms with Crippen LogP contribution >= 0.6 is 0 Å². The van der Waals surface area contributed by atoms with Crippen LogP contribution in [-0.4, -0.2) is 15.9 Å². The van der Waals surface area contributed by atoms with Crippen molar-refractivity contribution in [1.29, 1.82) is 0 Å². The van der Waals surface area contributed by atoms with Gasteiger partial charge < -0.3 is 10.0 Å². The minimum Gasteiger partial charge on any atom is -0.508 e. The molecule has 0 saturated carbocycles. The molecule has 2 rings (SSSR count). The van der Waals surface area contributed by atoms with E-state index in [-0.39, 0.29) is 17.7 Å². The first-order chi connectivity index (χ1) is 9.67. The van der Waals surface area contributed by atoms with Gasteiger partial charge in [0, 0.05) is 5.70 Å². The fourth-order valence-electron chi connectivity index (χ4n) is 2.29. The molecule has 3 heteroatoms. The molecule has 1 amide bonds. The van der Waals surface area contributed by atoms with Crippen molar-refractivity contribution in [2.75, 3.05) is 0 Å². The number of rotatable bonds is 4. The van der Waals surface area contributed by atoms with E-state index in [1.54, 1.807) is 17.0 Å². The van der Waals surface area contributed by atoms with E-state index in [4.69, 9.17) is 0 Å². The molecule has 20 heavy (non-hydrogen) atoms. The van der Waals surface area contributed by atoms with Gasteiger partial charge in [0.15, 0.2) is 0 Å². The lowest BCUT2D eigenvalue weighted by Crippen LogP contribution is -2.45. The zero-order valence-corrected chi connectivity index (χ0v) is 11.8. The Labute approximate surface area is 119 Å². The molecule has 0 bridgehead atoms. The monoisotopic (exact) mass is 269 g/mol. The van der Waals surface area contributed by atoms with E-state index in [1.165, 1.54) is 0 Å². The van der Waals surface area contributed by atoms with E-state index in [9.17, 15) is 9.90 Å². The second-order valence-electron chi connectivity index (χ2n) is 4.69. The summed E-state index contributed by atoms with van der Waals surface area (Å²) >= 11 is 0. The van der Waals surface area contributed by atoms with Crippen molar-refractivity contribution in [2.45, 2.75) is 26.3 Å². The van der Waals surface area contributed by atoms with Crippen molar-refractivity contribution >= 4 is 5.91 Å². The van der Waals surface area contributed by atoms with Crippen LogP contribution in [0.25, 0.3) is 0 Å². The van der Waals surface area contributed by atoms with Gasteiger partial charge in [-0.25, -0.2) is 0 Å². The van der Waals surface area contributed by atoms with Crippen LogP contribution in [0.15, 0.2) is 60.3 Å². The Kier molecular flexibility index (Phi) is 4.41. The number of benzene rings is 1. The van der Waals surface area contributed by atoms with Gasteiger partial charge in [0.25, 0.3) is 0 Å². The van der Waals surface area contributed by atoms with Crippen molar-refractivity contribution in [3.8, 4) is 5.75 Å². The molecule has 1 aromatic rings. The number of β-lactam (4-membered cyclic amide) rings is 1. The van der Waals surface area contributed by atoms with E-state index < -0.39 is 0 Å². The second-order valence-corrected chi connectivity index (χ2v) is 4.69. The van der Waals surface area contributed by atoms with Gasteiger partial charge in [-0.05, 0) is 43.7 Å². The summed E-state index contributed by atoms with van der Waals surface area (Å²) in [5, 5.41) is 9.34. The van der Waals surface area contributed by atoms with E-state index in [2.05, 4.69) is 0 Å². The van der Waals surface area contributed by atoms with Crippen LogP contribution < -0.4 is 0 Å². The van der Waals surface area contributed by atoms with Gasteiger partial charge in [-0.2, -0.15) is 0 Å². The van der Waals surface area contributed by atoms with Crippen LogP contribution in [0.1, 0.15) is 31.9 Å². The van der Waals surface area contributed by atoms with Crippen molar-refractivity contribution in [1.82, 2.24) is 4.90 Å². The summed E-state index contributed by atoms with van der Waals surface area (Å²) in [6, 6.07) is 7.09. The lowest BCUT2D eigenvalue weighted by Gasteiger charge is -2.41. The third-order valence-corrected chi connectivity index (χ3v) is 3.30. The Morgan fingerprint density at radius 1 is 1.25 bits per heavy atom. The van der Waals surface area contributed by atoms with Gasteiger partial charge >= 0.3 is 0 Å². The molecule has 1 heterocycles. The number of amides is 1. The highest BCUT2D eigenvalue weighted by atomic mass is 16.3. The predicted octanol–water partition coefficient (Wildman–Crippen LogP) is 3.70. The average molecular weight is 269 g/mol. The minimum atomic E-state index is 0.0517. The largest absolute Gasteiger partial charge is 0.508 e. The molecule has 104 valence electrons. The van der Waals surface area contributed by atoms with Gasteiger partial charge in [0.2, 0.25) is 5.91 Å². The molecule has 0 aromatic heterocycles. The molecule has 0 radical (unpaired) electrons. The minimum absolute atomic E-state index is 0.0517. The van der Waals surface area contributed by atoms with Gasteiger partial charge in [-0.1, -0.05) is 30.4 Å². The topological polar surface area (TPSA) is 40.5 Å². The van der Waals surface area contributed by atoms with E-state index in [0.29, 0.717) is 6.42 Å². The third kappa shape index (κ3) is 2.82. The first kappa shape index (κ1) is 14.1. The van der Waals surface area contributed by atoms with Crippen LogP contribution in [0.4, 0.5) is 0 Å². The Morgan fingerprint density at radius 3 is 2.50 bits per heavy atom. The molecule has 3 nitrogen and oxygen atoms in total. The van der Waals surface area contributed by atoms with Crippen molar-refractivity contribution in [3.63, 3.8) is 0 Å². The van der Waals surface area contributed by atoms with Crippen LogP contribution in [0.3, 0.4) is 0 Å². The first-order valence-electron chi connectivity index (χ1n) is 6.74. The summed E-state index contributed by atoms with van der Waals surface area (Å²) in [6.45, 7) is 3.88. The lowest BCUT2D eigenvalue weighted by molar-refractivity contribution is -0.142. The van der Waals surface area contributed by atoms with E-state index >= 15 is 0 Å². The predicted molar refractivity (Wildman–Crippen MR) is 80.0 cm³/mol. The number of carbonyl (C=O) groups excluding carboxylic acids is 1. The highest BCUT2D eigenvalue weighted by molar-refractivity contribution is 5.86. The number of nitrogens with zero attached hydrogens (tertiary/aromatic N) is 1. The molecule has 1 aromatic carbocycles. The van der Waals surface area contributed by atoms with Gasteiger partial charge in [-0.3, -0.25) is 4.79 Å². The molecule has 1 fully saturated rings. The fraction of sp³-hybridized carbons (Fsp3) is 0.235. The fourth-order valence-corrected chi connectivity index (χ4v) is 2.29. The normalized spacial score (nSPS) is 19.9. The average Bonchev–Trinajstić information content (AvgIpc) is 2.43. The molecular weight excluding hydrogens is 250 g/mol.